The molecule has 0 amide bonds. The molecule has 5 atom stereocenters. The van der Waals surface area contributed by atoms with E-state index in [1.165, 1.54) is 17.2 Å². The maximum Gasteiger partial charge on any atom is 0.266 e. The van der Waals surface area contributed by atoms with Crippen molar-refractivity contribution in [1.29, 1.82) is 0 Å². The van der Waals surface area contributed by atoms with Gasteiger partial charge in [-0.25, -0.2) is 0 Å². The van der Waals surface area contributed by atoms with Crippen LogP contribution in [0.4, 0.5) is 8.78 Å². The van der Waals surface area contributed by atoms with Crippen LogP contribution in [0.2, 0.25) is 0 Å². The van der Waals surface area contributed by atoms with Crippen LogP contribution in [-0.2, 0) is 6.42 Å². The lowest BCUT2D eigenvalue weighted by Gasteiger charge is -2.50. The molecule has 0 aromatic heterocycles. The highest BCUT2D eigenvalue weighted by molar-refractivity contribution is 5.40. The number of halogens is 2. The van der Waals surface area contributed by atoms with Crippen molar-refractivity contribution >= 4 is 0 Å². The summed E-state index contributed by atoms with van der Waals surface area (Å²) in [6, 6.07) is 5.81. The van der Waals surface area contributed by atoms with Gasteiger partial charge in [-0.3, -0.25) is 0 Å². The molecule has 124 valence electrons. The summed E-state index contributed by atoms with van der Waals surface area (Å²) >= 11 is 0. The van der Waals surface area contributed by atoms with Crippen molar-refractivity contribution in [2.75, 3.05) is 0 Å². The molecule has 1 unspecified atom stereocenters. The van der Waals surface area contributed by atoms with Crippen molar-refractivity contribution in [2.24, 2.45) is 23.2 Å². The topological polar surface area (TPSA) is 20.2 Å². The van der Waals surface area contributed by atoms with Crippen molar-refractivity contribution < 1.29 is 13.9 Å². The van der Waals surface area contributed by atoms with Gasteiger partial charge in [-0.2, -0.15) is 8.78 Å². The van der Waals surface area contributed by atoms with Gasteiger partial charge < -0.3 is 5.11 Å². The fourth-order valence-corrected chi connectivity index (χ4v) is 6.04. The lowest BCUT2D eigenvalue weighted by atomic mass is 9.54. The van der Waals surface area contributed by atoms with Gasteiger partial charge in [0.15, 0.2) is 0 Å². The van der Waals surface area contributed by atoms with Crippen LogP contribution >= 0.6 is 0 Å². The molecule has 3 aliphatic carbocycles. The molecule has 0 radical (unpaired) electrons. The molecule has 1 nitrogen and oxygen atoms in total. The van der Waals surface area contributed by atoms with Crippen molar-refractivity contribution in [3.8, 4) is 5.75 Å². The fraction of sp³-hybridized carbons (Fsp3) is 0.600. The minimum atomic E-state index is -1.51. The molecule has 4 rings (SSSR count). The molecule has 0 bridgehead atoms. The van der Waals surface area contributed by atoms with Gasteiger partial charge in [0, 0.05) is 0 Å². The molecule has 0 aliphatic heterocycles. The van der Waals surface area contributed by atoms with Gasteiger partial charge >= 0.3 is 0 Å². The largest absolute Gasteiger partial charge is 0.508 e. The van der Waals surface area contributed by atoms with E-state index in [0.717, 1.165) is 38.5 Å². The highest BCUT2D eigenvalue weighted by atomic mass is 19.3. The highest BCUT2D eigenvalue weighted by Gasteiger charge is 2.54. The van der Waals surface area contributed by atoms with Crippen LogP contribution in [0.25, 0.3) is 0 Å². The molecule has 0 spiro atoms. The molecule has 1 N–H and O–H groups in total. The quantitative estimate of drug-likeness (QED) is 0.710. The molecule has 0 heterocycles. The number of fused-ring (bicyclic) bond motifs is 5. The van der Waals surface area contributed by atoms with Crippen LogP contribution in [-0.4, -0.2) is 5.11 Å². The van der Waals surface area contributed by atoms with Gasteiger partial charge in [0.05, 0.1) is 0 Å². The molecule has 1 aromatic rings. The second-order valence-corrected chi connectivity index (χ2v) is 7.98. The van der Waals surface area contributed by atoms with Crippen molar-refractivity contribution in [2.45, 2.75) is 51.4 Å². The van der Waals surface area contributed by atoms with Gasteiger partial charge in [0.25, 0.3) is 6.08 Å². The summed E-state index contributed by atoms with van der Waals surface area (Å²) in [6.07, 6.45) is 5.98. The molecule has 0 saturated heterocycles. The number of rotatable bonds is 1. The van der Waals surface area contributed by atoms with E-state index < -0.39 is 6.08 Å². The summed E-state index contributed by atoms with van der Waals surface area (Å²) in [7, 11) is 0. The monoisotopic (exact) mass is 318 g/mol. The molecule has 2 saturated carbocycles. The molecular formula is C20H24F2O. The maximum absolute atomic E-state index is 12.8. The summed E-state index contributed by atoms with van der Waals surface area (Å²) in [5, 5.41) is 9.72. The Labute approximate surface area is 136 Å². The van der Waals surface area contributed by atoms with E-state index in [4.69, 9.17) is 0 Å². The standard InChI is InChI=1S/C20H24F2O/c1-20-9-8-16-15-6-4-14(23)10-12(15)2-5-17(16)18(20)7-3-13(20)11-19(21)22/h4,6,10-11,13,16-18,23H,2-3,5,7-9H2,1H3/t13?,16-,17-,18+,20-/m1/s1. The number of benzene rings is 1. The third-order valence-corrected chi connectivity index (χ3v) is 7.11. The normalized spacial score (nSPS) is 38.4. The van der Waals surface area contributed by atoms with Crippen LogP contribution in [0, 0.1) is 23.2 Å². The smallest absolute Gasteiger partial charge is 0.266 e. The molecule has 23 heavy (non-hydrogen) atoms. The first-order valence-corrected chi connectivity index (χ1v) is 8.83. The predicted octanol–water partition coefficient (Wildman–Crippen LogP) is 5.64. The first-order chi connectivity index (χ1) is 11.0. The third kappa shape index (κ3) is 2.31. The zero-order valence-corrected chi connectivity index (χ0v) is 13.6. The SMILES string of the molecule is C[C@]12CC[C@@H]3c4ccc(O)cc4CC[C@H]3[C@@H]1CCC2C=C(F)F. The van der Waals surface area contributed by atoms with E-state index in [1.807, 2.05) is 6.07 Å². The zero-order valence-electron chi connectivity index (χ0n) is 13.6. The van der Waals surface area contributed by atoms with Crippen LogP contribution in [0.3, 0.4) is 0 Å². The second kappa shape index (κ2) is 5.32. The van der Waals surface area contributed by atoms with E-state index in [1.54, 1.807) is 6.07 Å². The van der Waals surface area contributed by atoms with E-state index in [-0.39, 0.29) is 11.3 Å². The summed E-state index contributed by atoms with van der Waals surface area (Å²) in [5.74, 6) is 2.12. The Morgan fingerprint density at radius 2 is 2.04 bits per heavy atom. The summed E-state index contributed by atoms with van der Waals surface area (Å²) < 4.78 is 25.6. The Morgan fingerprint density at radius 3 is 2.83 bits per heavy atom. The number of hydrogen-bond donors (Lipinski definition) is 1. The molecule has 1 aromatic carbocycles. The zero-order chi connectivity index (χ0) is 16.2. The number of allylic oxidation sites excluding steroid dienone is 1. The van der Waals surface area contributed by atoms with Gasteiger partial charge in [-0.1, -0.05) is 13.0 Å². The lowest BCUT2D eigenvalue weighted by molar-refractivity contribution is 0.0400. The second-order valence-electron chi connectivity index (χ2n) is 7.98. The highest BCUT2D eigenvalue weighted by Crippen LogP contribution is 2.63. The number of aryl methyl sites for hydroxylation is 1. The maximum atomic E-state index is 12.8. The Kier molecular flexibility index (Phi) is 3.51. The predicted molar refractivity (Wildman–Crippen MR) is 86.5 cm³/mol. The third-order valence-electron chi connectivity index (χ3n) is 7.11. The Balaban J connectivity index is 1.66. The van der Waals surface area contributed by atoms with E-state index in [0.29, 0.717) is 23.5 Å². The van der Waals surface area contributed by atoms with Gasteiger partial charge in [0.2, 0.25) is 0 Å². The van der Waals surface area contributed by atoms with Gasteiger partial charge in [-0.05, 0) is 96.9 Å². The first-order valence-electron chi connectivity index (χ1n) is 8.83. The summed E-state index contributed by atoms with van der Waals surface area (Å²) in [5.41, 5.74) is 2.73. The first kappa shape index (κ1) is 15.2. The van der Waals surface area contributed by atoms with Crippen LogP contribution in [0.1, 0.15) is 56.1 Å². The Morgan fingerprint density at radius 1 is 1.22 bits per heavy atom. The Bertz CT molecular complexity index is 649. The van der Waals surface area contributed by atoms with Crippen molar-refractivity contribution in [1.82, 2.24) is 0 Å². The van der Waals surface area contributed by atoms with Crippen molar-refractivity contribution in [3.63, 3.8) is 0 Å². The molecule has 2 fully saturated rings. The van der Waals surface area contributed by atoms with Crippen molar-refractivity contribution in [3.05, 3.63) is 41.5 Å². The Hall–Kier alpha value is -1.38. The summed E-state index contributed by atoms with van der Waals surface area (Å²) in [4.78, 5) is 0. The van der Waals surface area contributed by atoms with Crippen LogP contribution in [0.5, 0.6) is 5.75 Å². The molecule has 3 heteroatoms. The van der Waals surface area contributed by atoms with E-state index in [2.05, 4.69) is 13.0 Å². The summed E-state index contributed by atoms with van der Waals surface area (Å²) in [6.45, 7) is 2.25. The van der Waals surface area contributed by atoms with E-state index in [9.17, 15) is 13.9 Å². The van der Waals surface area contributed by atoms with Gasteiger partial charge in [0.1, 0.15) is 5.75 Å². The fourth-order valence-electron chi connectivity index (χ4n) is 6.04. The van der Waals surface area contributed by atoms with Crippen LogP contribution < -0.4 is 0 Å². The minimum Gasteiger partial charge on any atom is -0.508 e. The number of aromatic hydroxyl groups is 1. The molecule has 3 aliphatic rings. The average molecular weight is 318 g/mol. The number of hydrogen-bond acceptors (Lipinski definition) is 1. The minimum absolute atomic E-state index is 0.0407. The van der Waals surface area contributed by atoms with Crippen LogP contribution in [0.15, 0.2) is 30.4 Å². The average Bonchev–Trinajstić information content (AvgIpc) is 2.83. The number of phenols is 1. The van der Waals surface area contributed by atoms with Gasteiger partial charge in [-0.15, -0.1) is 0 Å². The lowest BCUT2D eigenvalue weighted by Crippen LogP contribution is -2.42. The molecular weight excluding hydrogens is 294 g/mol. The number of phenolic OH excluding ortho intramolecular Hbond substituents is 1. The van der Waals surface area contributed by atoms with E-state index >= 15 is 0 Å².